The van der Waals surface area contributed by atoms with Crippen LogP contribution in [0.4, 0.5) is 0 Å². The molecule has 0 fully saturated rings. The Morgan fingerprint density at radius 3 is 2.53 bits per heavy atom. The molecule has 0 aliphatic heterocycles. The van der Waals surface area contributed by atoms with Crippen molar-refractivity contribution in [3.8, 4) is 5.75 Å². The summed E-state index contributed by atoms with van der Waals surface area (Å²) in [5.74, 6) is -0.00730. The van der Waals surface area contributed by atoms with E-state index in [-0.39, 0.29) is 13.8 Å². The molecule has 1 aromatic heterocycles. The van der Waals surface area contributed by atoms with E-state index in [1.54, 1.807) is 42.6 Å². The number of hydrogen-bond donors (Lipinski definition) is 0. The minimum Gasteiger partial charge on any atom is -1.00 e. The van der Waals surface area contributed by atoms with Crippen LogP contribution in [-0.4, -0.2) is 11.0 Å². The highest BCUT2D eigenvalue weighted by molar-refractivity contribution is 6.30. The summed E-state index contributed by atoms with van der Waals surface area (Å²) in [5.41, 5.74) is 0.452. The summed E-state index contributed by atoms with van der Waals surface area (Å²) in [6.07, 6.45) is 3.09. The number of ether oxygens (including phenoxy) is 1. The molecule has 17 heavy (non-hydrogen) atoms. The second-order valence-corrected chi connectivity index (χ2v) is 3.52. The topological polar surface area (TPSA) is 39.2 Å². The summed E-state index contributed by atoms with van der Waals surface area (Å²) >= 11 is 5.71. The third kappa shape index (κ3) is 3.73. The number of nitrogens with zero attached hydrogens (tertiary/aromatic N) is 1. The predicted molar refractivity (Wildman–Crippen MR) is 61.8 cm³/mol. The van der Waals surface area contributed by atoms with E-state index >= 15 is 0 Å². The highest BCUT2D eigenvalue weighted by atomic mass is 35.5. The number of carbonyl (C=O) groups excluding carboxylic acids is 1. The maximum atomic E-state index is 11.6. The van der Waals surface area contributed by atoms with Crippen molar-refractivity contribution >= 4 is 17.6 Å². The van der Waals surface area contributed by atoms with Crippen molar-refractivity contribution in [2.24, 2.45) is 0 Å². The number of halogens is 2. The zero-order valence-corrected chi connectivity index (χ0v) is 10.2. The van der Waals surface area contributed by atoms with Crippen LogP contribution < -0.4 is 17.1 Å². The molecule has 1 aromatic carbocycles. The highest BCUT2D eigenvalue weighted by Crippen LogP contribution is 2.13. The van der Waals surface area contributed by atoms with Gasteiger partial charge in [0.25, 0.3) is 0 Å². The number of rotatable bonds is 2. The molecule has 5 heteroatoms. The standard InChI is InChI=1S/C12H8ClNO2.ClH/c13-10-5-3-9(4-6-10)12(15)16-11-2-1-7-14-8-11;/h1-8H;1H. The fourth-order valence-electron chi connectivity index (χ4n) is 1.16. The summed E-state index contributed by atoms with van der Waals surface area (Å²) in [5, 5.41) is 0.581. The van der Waals surface area contributed by atoms with Crippen LogP contribution in [0.15, 0.2) is 48.8 Å². The van der Waals surface area contributed by atoms with Gasteiger partial charge in [-0.05, 0) is 36.4 Å². The van der Waals surface area contributed by atoms with E-state index in [1.165, 1.54) is 6.20 Å². The quantitative estimate of drug-likeness (QED) is 0.725. The van der Waals surface area contributed by atoms with Gasteiger partial charge >= 0.3 is 7.40 Å². The summed E-state index contributed by atoms with van der Waals surface area (Å²) in [6.45, 7) is 0. The van der Waals surface area contributed by atoms with Gasteiger partial charge in [-0.1, -0.05) is 11.6 Å². The zero-order chi connectivity index (χ0) is 11.4. The van der Waals surface area contributed by atoms with Crippen LogP contribution >= 0.6 is 11.6 Å². The lowest BCUT2D eigenvalue weighted by Crippen LogP contribution is -3.00. The van der Waals surface area contributed by atoms with Gasteiger partial charge in [0.15, 0.2) is 0 Å². The molecule has 0 radical (unpaired) electrons. The monoisotopic (exact) mass is 269 g/mol. The van der Waals surface area contributed by atoms with Gasteiger partial charge in [-0.25, -0.2) is 4.79 Å². The first-order valence-corrected chi connectivity index (χ1v) is 5.01. The number of pyridine rings is 1. The molecule has 88 valence electrons. The molecule has 0 amide bonds. The van der Waals surface area contributed by atoms with Crippen LogP contribution in [0.25, 0.3) is 0 Å². The molecular formula is C12H9Cl2NO2. The van der Waals surface area contributed by atoms with Gasteiger partial charge in [0.1, 0.15) is 5.75 Å². The van der Waals surface area contributed by atoms with Crippen molar-refractivity contribution < 1.29 is 23.4 Å². The van der Waals surface area contributed by atoms with E-state index in [0.717, 1.165) is 0 Å². The molecule has 0 saturated heterocycles. The Balaban J connectivity index is 0.00000144. The van der Waals surface area contributed by atoms with E-state index < -0.39 is 5.97 Å². The average Bonchev–Trinajstić information content (AvgIpc) is 2.31. The minimum absolute atomic E-state index is 0. The van der Waals surface area contributed by atoms with E-state index in [2.05, 4.69) is 4.98 Å². The predicted octanol–water partition coefficient (Wildman–Crippen LogP) is 0.0707. The van der Waals surface area contributed by atoms with Gasteiger partial charge < -0.3 is 17.1 Å². The zero-order valence-electron chi connectivity index (χ0n) is 9.64. The van der Waals surface area contributed by atoms with Gasteiger partial charge in [-0.2, -0.15) is 0 Å². The lowest BCUT2D eigenvalue weighted by atomic mass is 10.2. The third-order valence-electron chi connectivity index (χ3n) is 1.92. The van der Waals surface area contributed by atoms with E-state index in [9.17, 15) is 4.79 Å². The molecule has 0 aliphatic carbocycles. The molecule has 0 N–H and O–H groups in total. The fourth-order valence-corrected chi connectivity index (χ4v) is 1.29. The Hall–Kier alpha value is -1.58. The third-order valence-corrected chi connectivity index (χ3v) is 2.18. The minimum atomic E-state index is -0.426. The van der Waals surface area contributed by atoms with Crippen molar-refractivity contribution in [1.29, 1.82) is 0 Å². The number of aromatic nitrogens is 1. The van der Waals surface area contributed by atoms with Gasteiger partial charge in [0.05, 0.1) is 11.8 Å². The molecule has 2 aromatic rings. The summed E-state index contributed by atoms with van der Waals surface area (Å²) in [7, 11) is 0. The van der Waals surface area contributed by atoms with Crippen LogP contribution in [0.2, 0.25) is 5.02 Å². The molecule has 0 atom stereocenters. The Kier molecular flexibility index (Phi) is 4.94. The Morgan fingerprint density at radius 2 is 1.94 bits per heavy atom. The number of carbonyl (C=O) groups is 1. The van der Waals surface area contributed by atoms with Crippen LogP contribution in [0.3, 0.4) is 0 Å². The number of hydrogen-bond acceptors (Lipinski definition) is 3. The normalized spacial score (nSPS) is 9.24. The first-order chi connectivity index (χ1) is 7.75. The largest absolute Gasteiger partial charge is 1.00 e. The highest BCUT2D eigenvalue weighted by Gasteiger charge is 2.07. The van der Waals surface area contributed by atoms with Gasteiger partial charge in [0, 0.05) is 11.2 Å². The molecular weight excluding hydrogens is 261 g/mol. The fraction of sp³-hybridized carbons (Fsp3) is 0. The van der Waals surface area contributed by atoms with Crippen molar-refractivity contribution in [2.45, 2.75) is 0 Å². The first kappa shape index (κ1) is 13.5. The first-order valence-electron chi connectivity index (χ1n) is 4.63. The van der Waals surface area contributed by atoms with Gasteiger partial charge in [0.2, 0.25) is 0 Å². The molecule has 0 bridgehead atoms. The Morgan fingerprint density at radius 1 is 1.24 bits per heavy atom. The summed E-state index contributed by atoms with van der Waals surface area (Å²) in [6, 6.07) is 9.87. The average molecular weight is 270 g/mol. The van der Waals surface area contributed by atoms with E-state index in [4.69, 9.17) is 16.3 Å². The summed E-state index contributed by atoms with van der Waals surface area (Å²) in [4.78, 5) is 15.5. The molecule has 0 spiro atoms. The van der Waals surface area contributed by atoms with Crippen LogP contribution in [-0.2, 0) is 0 Å². The van der Waals surface area contributed by atoms with Gasteiger partial charge in [-0.3, -0.25) is 4.98 Å². The van der Waals surface area contributed by atoms with Crippen molar-refractivity contribution in [2.75, 3.05) is 0 Å². The maximum Gasteiger partial charge on any atom is 1.00 e. The van der Waals surface area contributed by atoms with Crippen molar-refractivity contribution in [3.05, 3.63) is 59.4 Å². The molecule has 0 unspecified atom stereocenters. The maximum absolute atomic E-state index is 11.6. The smallest absolute Gasteiger partial charge is 1.00 e. The lowest BCUT2D eigenvalue weighted by Gasteiger charge is -2.03. The van der Waals surface area contributed by atoms with E-state index in [1.807, 2.05) is 0 Å². The lowest BCUT2D eigenvalue weighted by molar-refractivity contribution is -0.0000161. The molecule has 3 nitrogen and oxygen atoms in total. The van der Waals surface area contributed by atoms with Crippen LogP contribution in [0, 0.1) is 0 Å². The van der Waals surface area contributed by atoms with Gasteiger partial charge in [-0.15, -0.1) is 0 Å². The second kappa shape index (κ2) is 6.23. The number of esters is 1. The summed E-state index contributed by atoms with van der Waals surface area (Å²) < 4.78 is 5.10. The Bertz CT molecular complexity index is 491. The van der Waals surface area contributed by atoms with Crippen LogP contribution in [0.5, 0.6) is 5.75 Å². The molecule has 0 saturated carbocycles. The van der Waals surface area contributed by atoms with E-state index in [0.29, 0.717) is 16.3 Å². The Labute approximate surface area is 111 Å². The number of benzene rings is 1. The molecule has 1 heterocycles. The van der Waals surface area contributed by atoms with Crippen LogP contribution in [0.1, 0.15) is 11.8 Å². The molecule has 0 aliphatic rings. The molecule has 2 rings (SSSR count). The SMILES string of the molecule is O=C(Oc1cccnc1)c1ccc(Cl)cc1.[Cl-].[H+]. The van der Waals surface area contributed by atoms with Crippen molar-refractivity contribution in [3.63, 3.8) is 0 Å². The second-order valence-electron chi connectivity index (χ2n) is 3.09. The van der Waals surface area contributed by atoms with Crippen molar-refractivity contribution in [1.82, 2.24) is 4.98 Å².